The number of carbonyl (C=O) groups is 1. The van der Waals surface area contributed by atoms with Gasteiger partial charge in [0.15, 0.2) is 0 Å². The van der Waals surface area contributed by atoms with Crippen LogP contribution in [0.1, 0.15) is 31.7 Å². The fourth-order valence-electron chi connectivity index (χ4n) is 4.32. The normalized spacial score (nSPS) is 20.5. The Morgan fingerprint density at radius 1 is 1.29 bits per heavy atom. The number of nitrogens with zero attached hydrogens (tertiary/aromatic N) is 6. The molecule has 1 fully saturated rings. The van der Waals surface area contributed by atoms with Crippen LogP contribution in [-0.4, -0.2) is 56.7 Å². The highest BCUT2D eigenvalue weighted by Crippen LogP contribution is 2.31. The SMILES string of the molecule is C[C@@H]1CCCCN1C(=O)Cn1nc2n(c1=O)-c1cc(Cl)ccc1C1=NCCN12. The van der Waals surface area contributed by atoms with E-state index in [9.17, 15) is 9.59 Å². The van der Waals surface area contributed by atoms with Gasteiger partial charge >= 0.3 is 5.69 Å². The number of aromatic nitrogens is 3. The van der Waals surface area contributed by atoms with Crippen LogP contribution in [0.3, 0.4) is 0 Å². The number of anilines is 1. The first kappa shape index (κ1) is 17.5. The minimum absolute atomic E-state index is 0.0562. The van der Waals surface area contributed by atoms with Gasteiger partial charge < -0.3 is 4.90 Å². The number of aliphatic imine (C=N–C) groups is 1. The van der Waals surface area contributed by atoms with Gasteiger partial charge in [-0.3, -0.25) is 14.7 Å². The Kier molecular flexibility index (Phi) is 4.04. The van der Waals surface area contributed by atoms with Crippen molar-refractivity contribution in [2.45, 2.75) is 38.8 Å². The molecule has 0 radical (unpaired) electrons. The topological polar surface area (TPSA) is 75.7 Å². The van der Waals surface area contributed by atoms with Crippen molar-refractivity contribution in [1.29, 1.82) is 0 Å². The Hall–Kier alpha value is -2.61. The molecule has 1 aromatic carbocycles. The monoisotopic (exact) mass is 400 g/mol. The number of hydrogen-bond donors (Lipinski definition) is 0. The number of likely N-dealkylation sites (tertiary alicyclic amines) is 1. The molecule has 9 heteroatoms. The third kappa shape index (κ3) is 2.58. The Morgan fingerprint density at radius 3 is 2.96 bits per heavy atom. The van der Waals surface area contributed by atoms with Gasteiger partial charge in [0.05, 0.1) is 12.2 Å². The molecule has 1 saturated heterocycles. The van der Waals surface area contributed by atoms with Crippen LogP contribution >= 0.6 is 11.6 Å². The third-order valence-electron chi connectivity index (χ3n) is 5.75. The van der Waals surface area contributed by atoms with Gasteiger partial charge in [-0.25, -0.2) is 14.0 Å². The van der Waals surface area contributed by atoms with Crippen molar-refractivity contribution in [2.75, 3.05) is 24.5 Å². The highest BCUT2D eigenvalue weighted by molar-refractivity contribution is 6.31. The van der Waals surface area contributed by atoms with E-state index in [1.165, 1.54) is 4.68 Å². The smallest absolute Gasteiger partial charge is 0.338 e. The molecule has 5 rings (SSSR count). The quantitative estimate of drug-likeness (QED) is 0.768. The maximum Gasteiger partial charge on any atom is 0.352 e. The highest BCUT2D eigenvalue weighted by Gasteiger charge is 2.35. The lowest BCUT2D eigenvalue weighted by Crippen LogP contribution is -2.44. The van der Waals surface area contributed by atoms with Gasteiger partial charge in [-0.2, -0.15) is 0 Å². The minimum atomic E-state index is -0.331. The zero-order valence-corrected chi connectivity index (χ0v) is 16.4. The number of carbonyl (C=O) groups excluding carboxylic acids is 1. The summed E-state index contributed by atoms with van der Waals surface area (Å²) in [5, 5.41) is 5.04. The summed E-state index contributed by atoms with van der Waals surface area (Å²) in [5.74, 6) is 1.23. The number of piperidine rings is 1. The predicted molar refractivity (Wildman–Crippen MR) is 107 cm³/mol. The summed E-state index contributed by atoms with van der Waals surface area (Å²) in [5.41, 5.74) is 1.18. The first-order valence-electron chi connectivity index (χ1n) is 9.66. The molecule has 28 heavy (non-hydrogen) atoms. The number of hydrogen-bond acceptors (Lipinski definition) is 5. The first-order chi connectivity index (χ1) is 13.5. The number of rotatable bonds is 2. The molecular formula is C19H21ClN6O2. The van der Waals surface area contributed by atoms with E-state index < -0.39 is 0 Å². The van der Waals surface area contributed by atoms with Gasteiger partial charge in [0, 0.05) is 29.7 Å². The Bertz CT molecular complexity index is 1060. The lowest BCUT2D eigenvalue weighted by atomic mass is 10.0. The molecule has 0 unspecified atom stereocenters. The van der Waals surface area contributed by atoms with Gasteiger partial charge in [0.25, 0.3) is 0 Å². The lowest BCUT2D eigenvalue weighted by molar-refractivity contribution is -0.135. The number of fused-ring (bicyclic) bond motifs is 6. The van der Waals surface area contributed by atoms with Crippen molar-refractivity contribution in [3.8, 4) is 5.69 Å². The van der Waals surface area contributed by atoms with E-state index in [0.717, 1.165) is 37.2 Å². The summed E-state index contributed by atoms with van der Waals surface area (Å²) in [4.78, 5) is 34.4. The summed E-state index contributed by atoms with van der Waals surface area (Å²) in [6.45, 7) is 4.04. The highest BCUT2D eigenvalue weighted by atomic mass is 35.5. The maximum atomic E-state index is 13.2. The molecule has 0 N–H and O–H groups in total. The van der Waals surface area contributed by atoms with Crippen molar-refractivity contribution >= 4 is 29.3 Å². The van der Waals surface area contributed by atoms with E-state index in [1.807, 2.05) is 15.9 Å². The number of benzene rings is 1. The lowest BCUT2D eigenvalue weighted by Gasteiger charge is -2.33. The third-order valence-corrected chi connectivity index (χ3v) is 5.99. The Labute approximate surface area is 167 Å². The zero-order valence-electron chi connectivity index (χ0n) is 15.6. The van der Waals surface area contributed by atoms with Crippen molar-refractivity contribution in [2.24, 2.45) is 4.99 Å². The molecule has 1 atom stereocenters. The molecule has 1 aromatic heterocycles. The van der Waals surface area contributed by atoms with Crippen LogP contribution < -0.4 is 10.6 Å². The van der Waals surface area contributed by atoms with Crippen molar-refractivity contribution in [3.05, 3.63) is 39.3 Å². The van der Waals surface area contributed by atoms with Crippen LogP contribution in [0.15, 0.2) is 28.0 Å². The van der Waals surface area contributed by atoms with Gasteiger partial charge in [0.2, 0.25) is 11.9 Å². The van der Waals surface area contributed by atoms with Crippen molar-refractivity contribution in [1.82, 2.24) is 19.2 Å². The zero-order chi connectivity index (χ0) is 19.4. The van der Waals surface area contributed by atoms with Gasteiger partial charge in [-0.1, -0.05) is 11.6 Å². The first-order valence-corrected chi connectivity index (χ1v) is 10.0. The molecule has 4 heterocycles. The van der Waals surface area contributed by atoms with Crippen LogP contribution in [0.25, 0.3) is 5.69 Å². The summed E-state index contributed by atoms with van der Waals surface area (Å²) in [7, 11) is 0. The second-order valence-corrected chi connectivity index (χ2v) is 7.96. The number of amidine groups is 1. The number of halogens is 1. The van der Waals surface area contributed by atoms with E-state index in [1.54, 1.807) is 16.7 Å². The molecule has 0 spiro atoms. The molecule has 1 amide bonds. The molecule has 3 aliphatic heterocycles. The summed E-state index contributed by atoms with van der Waals surface area (Å²) >= 11 is 6.19. The molecule has 2 aromatic rings. The largest absolute Gasteiger partial charge is 0.352 e. The van der Waals surface area contributed by atoms with E-state index in [-0.39, 0.29) is 24.2 Å². The van der Waals surface area contributed by atoms with Crippen LogP contribution in [0.5, 0.6) is 0 Å². The molecular weight excluding hydrogens is 380 g/mol. The van der Waals surface area contributed by atoms with Gasteiger partial charge in [0.1, 0.15) is 12.4 Å². The summed E-state index contributed by atoms with van der Waals surface area (Å²) in [6, 6.07) is 5.62. The summed E-state index contributed by atoms with van der Waals surface area (Å²) < 4.78 is 2.81. The molecule has 0 saturated carbocycles. The molecule has 0 bridgehead atoms. The second-order valence-electron chi connectivity index (χ2n) is 7.53. The molecule has 8 nitrogen and oxygen atoms in total. The molecule has 0 aliphatic carbocycles. The predicted octanol–water partition coefficient (Wildman–Crippen LogP) is 1.67. The van der Waals surface area contributed by atoms with E-state index in [2.05, 4.69) is 17.0 Å². The standard InChI is InChI=1S/C19H21ClN6O2/c1-12-4-2-3-8-23(12)16(27)11-25-19(28)26-15-10-13(20)5-6-14(15)17-21-7-9-24(17)18(26)22-25/h5-6,10,12H,2-4,7-9,11H2,1H3/t12-/m1/s1. The summed E-state index contributed by atoms with van der Waals surface area (Å²) in [6.07, 6.45) is 3.14. The van der Waals surface area contributed by atoms with Crippen LogP contribution in [-0.2, 0) is 11.3 Å². The fourth-order valence-corrected chi connectivity index (χ4v) is 4.49. The van der Waals surface area contributed by atoms with Crippen molar-refractivity contribution < 1.29 is 4.79 Å². The molecule has 3 aliphatic rings. The van der Waals surface area contributed by atoms with Gasteiger partial charge in [-0.15, -0.1) is 5.10 Å². The van der Waals surface area contributed by atoms with E-state index in [4.69, 9.17) is 11.6 Å². The molecule has 146 valence electrons. The minimum Gasteiger partial charge on any atom is -0.338 e. The fraction of sp³-hybridized carbons (Fsp3) is 0.474. The number of amides is 1. The van der Waals surface area contributed by atoms with E-state index >= 15 is 0 Å². The van der Waals surface area contributed by atoms with Crippen molar-refractivity contribution in [3.63, 3.8) is 0 Å². The Balaban J connectivity index is 1.56. The average Bonchev–Trinajstić information content (AvgIpc) is 3.28. The maximum absolute atomic E-state index is 13.2. The van der Waals surface area contributed by atoms with Crippen LogP contribution in [0.4, 0.5) is 5.95 Å². The van der Waals surface area contributed by atoms with Gasteiger partial charge in [-0.05, 0) is 44.4 Å². The average molecular weight is 401 g/mol. The van der Waals surface area contributed by atoms with Crippen LogP contribution in [0.2, 0.25) is 5.02 Å². The second kappa shape index (κ2) is 6.48. The van der Waals surface area contributed by atoms with Crippen LogP contribution in [0, 0.1) is 0 Å². The van der Waals surface area contributed by atoms with E-state index in [0.29, 0.717) is 29.7 Å². The Morgan fingerprint density at radius 2 is 2.14 bits per heavy atom.